The lowest BCUT2D eigenvalue weighted by atomic mass is 10.0. The van der Waals surface area contributed by atoms with E-state index in [0.717, 1.165) is 16.3 Å². The van der Waals surface area contributed by atoms with Gasteiger partial charge in [0.1, 0.15) is 12.4 Å². The summed E-state index contributed by atoms with van der Waals surface area (Å²) in [5, 5.41) is 13.2. The summed E-state index contributed by atoms with van der Waals surface area (Å²) < 4.78 is 16.0. The highest BCUT2D eigenvalue weighted by molar-refractivity contribution is 5.89. The van der Waals surface area contributed by atoms with E-state index in [1.807, 2.05) is 42.5 Å². The van der Waals surface area contributed by atoms with Gasteiger partial charge in [-0.05, 0) is 16.3 Å². The average Bonchev–Trinajstić information content (AvgIpc) is 2.72. The highest BCUT2D eigenvalue weighted by atomic mass is 16.7. The van der Waals surface area contributed by atoms with Gasteiger partial charge in [-0.2, -0.15) is 0 Å². The van der Waals surface area contributed by atoms with Gasteiger partial charge in [0.25, 0.3) is 5.69 Å². The summed E-state index contributed by atoms with van der Waals surface area (Å²) >= 11 is 0. The molecule has 0 saturated carbocycles. The van der Waals surface area contributed by atoms with Crippen LogP contribution in [0.3, 0.4) is 0 Å². The molecule has 0 amide bonds. The molecule has 28 heavy (non-hydrogen) atoms. The molecule has 0 radical (unpaired) electrons. The van der Waals surface area contributed by atoms with Gasteiger partial charge in [-0.25, -0.2) is 0 Å². The largest absolute Gasteiger partial charge is 0.467 e. The van der Waals surface area contributed by atoms with E-state index in [1.54, 1.807) is 0 Å². The number of carbonyl (C=O) groups excluding carboxylic acids is 1. The molecule has 1 aliphatic heterocycles. The van der Waals surface area contributed by atoms with Crippen molar-refractivity contribution in [3.05, 3.63) is 81.4 Å². The fraction of sp³-hybridized carbons (Fsp3) is 0.190. The first kappa shape index (κ1) is 17.9. The van der Waals surface area contributed by atoms with Crippen LogP contribution in [0.1, 0.15) is 16.7 Å². The Kier molecular flexibility index (Phi) is 4.90. The van der Waals surface area contributed by atoms with Crippen LogP contribution in [0.15, 0.2) is 54.6 Å². The van der Waals surface area contributed by atoms with Crippen LogP contribution >= 0.6 is 0 Å². The highest BCUT2D eigenvalue weighted by Crippen LogP contribution is 2.33. The first-order chi connectivity index (χ1) is 13.6. The number of hydrogen-bond acceptors (Lipinski definition) is 6. The van der Waals surface area contributed by atoms with Gasteiger partial charge in [-0.1, -0.05) is 42.5 Å². The Balaban J connectivity index is 1.52. The van der Waals surface area contributed by atoms with Crippen molar-refractivity contribution >= 4 is 22.4 Å². The van der Waals surface area contributed by atoms with Crippen LogP contribution in [0.2, 0.25) is 0 Å². The summed E-state index contributed by atoms with van der Waals surface area (Å²) in [5.41, 5.74) is 1.81. The zero-order chi connectivity index (χ0) is 19.5. The summed E-state index contributed by atoms with van der Waals surface area (Å²) in [6.45, 7) is 0.170. The number of carbonyl (C=O) groups is 1. The maximum absolute atomic E-state index is 12.4. The first-order valence-corrected chi connectivity index (χ1v) is 8.75. The third-order valence-electron chi connectivity index (χ3n) is 4.59. The smallest absolute Gasteiger partial charge is 0.310 e. The van der Waals surface area contributed by atoms with E-state index >= 15 is 0 Å². The Morgan fingerprint density at radius 1 is 1.11 bits per heavy atom. The van der Waals surface area contributed by atoms with Crippen molar-refractivity contribution in [2.75, 3.05) is 6.79 Å². The van der Waals surface area contributed by atoms with Crippen molar-refractivity contribution < 1.29 is 23.9 Å². The van der Waals surface area contributed by atoms with Crippen LogP contribution < -0.4 is 4.74 Å². The highest BCUT2D eigenvalue weighted by Gasteiger charge is 2.22. The number of non-ortho nitro benzene ring substituents is 1. The Morgan fingerprint density at radius 2 is 1.93 bits per heavy atom. The van der Waals surface area contributed by atoms with Crippen LogP contribution in [0.25, 0.3) is 10.8 Å². The molecule has 0 bridgehead atoms. The second-order valence-electron chi connectivity index (χ2n) is 6.44. The second kappa shape index (κ2) is 7.66. The summed E-state index contributed by atoms with van der Waals surface area (Å²) in [4.78, 5) is 23.1. The second-order valence-corrected chi connectivity index (χ2v) is 6.44. The molecule has 7 nitrogen and oxygen atoms in total. The van der Waals surface area contributed by atoms with Gasteiger partial charge in [0.15, 0.2) is 6.79 Å². The minimum atomic E-state index is -0.490. The number of nitro benzene ring substituents is 1. The molecule has 1 heterocycles. The van der Waals surface area contributed by atoms with Crippen molar-refractivity contribution in [3.8, 4) is 5.75 Å². The van der Waals surface area contributed by atoms with E-state index in [1.165, 1.54) is 12.1 Å². The molecule has 0 fully saturated rings. The molecule has 0 atom stereocenters. The lowest BCUT2D eigenvalue weighted by Crippen LogP contribution is -2.15. The van der Waals surface area contributed by atoms with Gasteiger partial charge < -0.3 is 14.2 Å². The summed E-state index contributed by atoms with van der Waals surface area (Å²) in [6.07, 6.45) is 0.114. The molecule has 3 aromatic rings. The minimum absolute atomic E-state index is 0.0573. The molecule has 0 aromatic heterocycles. The van der Waals surface area contributed by atoms with Gasteiger partial charge in [0, 0.05) is 23.3 Å². The zero-order valence-electron chi connectivity index (χ0n) is 14.9. The number of nitro groups is 1. The van der Waals surface area contributed by atoms with E-state index in [9.17, 15) is 14.9 Å². The van der Waals surface area contributed by atoms with E-state index in [-0.39, 0.29) is 32.1 Å². The SMILES string of the molecule is O=C(Cc1cccc2ccccc12)OCc1cc([N+](=O)[O-])cc2c1OCOC2. The van der Waals surface area contributed by atoms with E-state index in [4.69, 9.17) is 14.2 Å². The average molecular weight is 379 g/mol. The third-order valence-corrected chi connectivity index (χ3v) is 4.59. The topological polar surface area (TPSA) is 87.9 Å². The van der Waals surface area contributed by atoms with Gasteiger partial charge in [-0.3, -0.25) is 14.9 Å². The lowest BCUT2D eigenvalue weighted by molar-refractivity contribution is -0.385. The summed E-state index contributed by atoms with van der Waals surface area (Å²) in [6, 6.07) is 16.4. The number of hydrogen-bond donors (Lipinski definition) is 0. The predicted octanol–water partition coefficient (Wildman–Crippen LogP) is 3.90. The number of ether oxygens (including phenoxy) is 3. The number of benzene rings is 3. The molecule has 0 aliphatic carbocycles. The number of rotatable bonds is 5. The van der Waals surface area contributed by atoms with Crippen molar-refractivity contribution in [3.63, 3.8) is 0 Å². The van der Waals surface area contributed by atoms with Gasteiger partial charge in [-0.15, -0.1) is 0 Å². The molecule has 0 N–H and O–H groups in total. The van der Waals surface area contributed by atoms with Crippen LogP contribution in [0.4, 0.5) is 5.69 Å². The normalized spacial score (nSPS) is 12.9. The van der Waals surface area contributed by atoms with Gasteiger partial charge in [0.2, 0.25) is 0 Å². The van der Waals surface area contributed by atoms with E-state index in [2.05, 4.69) is 0 Å². The minimum Gasteiger partial charge on any atom is -0.467 e. The van der Waals surface area contributed by atoms with Crippen molar-refractivity contribution in [1.82, 2.24) is 0 Å². The Morgan fingerprint density at radius 3 is 2.79 bits per heavy atom. The van der Waals surface area contributed by atoms with Gasteiger partial charge in [0.05, 0.1) is 18.0 Å². The quantitative estimate of drug-likeness (QED) is 0.380. The molecule has 0 unspecified atom stereocenters. The molecule has 0 spiro atoms. The maximum Gasteiger partial charge on any atom is 0.310 e. The monoisotopic (exact) mass is 379 g/mol. The first-order valence-electron chi connectivity index (χ1n) is 8.75. The number of nitrogens with zero attached hydrogens (tertiary/aromatic N) is 1. The van der Waals surface area contributed by atoms with Crippen molar-refractivity contribution in [2.24, 2.45) is 0 Å². The summed E-state index contributed by atoms with van der Waals surface area (Å²) in [7, 11) is 0. The number of fused-ring (bicyclic) bond motifs is 2. The van der Waals surface area contributed by atoms with Gasteiger partial charge >= 0.3 is 5.97 Å². The van der Waals surface area contributed by atoms with Crippen molar-refractivity contribution in [1.29, 1.82) is 0 Å². The molecular formula is C21H17NO6. The van der Waals surface area contributed by atoms with Crippen LogP contribution in [-0.2, 0) is 33.9 Å². The molecule has 4 rings (SSSR count). The summed E-state index contributed by atoms with van der Waals surface area (Å²) in [5.74, 6) is 0.0680. The fourth-order valence-electron chi connectivity index (χ4n) is 3.30. The van der Waals surface area contributed by atoms with Crippen LogP contribution in [-0.4, -0.2) is 17.7 Å². The molecule has 1 aliphatic rings. The molecular weight excluding hydrogens is 362 g/mol. The molecule has 0 saturated heterocycles. The Hall–Kier alpha value is -3.45. The predicted molar refractivity (Wildman–Crippen MR) is 101 cm³/mol. The Bertz CT molecular complexity index is 1060. The Labute approximate surface area is 160 Å². The molecule has 7 heteroatoms. The van der Waals surface area contributed by atoms with E-state index < -0.39 is 10.9 Å². The van der Waals surface area contributed by atoms with Crippen LogP contribution in [0, 0.1) is 10.1 Å². The number of esters is 1. The molecule has 142 valence electrons. The fourth-order valence-corrected chi connectivity index (χ4v) is 3.30. The maximum atomic E-state index is 12.4. The van der Waals surface area contributed by atoms with E-state index in [0.29, 0.717) is 16.9 Å². The lowest BCUT2D eigenvalue weighted by Gasteiger charge is -2.20. The van der Waals surface area contributed by atoms with Crippen LogP contribution in [0.5, 0.6) is 5.75 Å². The molecule has 3 aromatic carbocycles. The zero-order valence-corrected chi connectivity index (χ0v) is 14.9. The van der Waals surface area contributed by atoms with Crippen molar-refractivity contribution in [2.45, 2.75) is 19.6 Å². The third kappa shape index (κ3) is 3.65. The standard InChI is InChI=1S/C21H17NO6/c23-20(10-15-6-3-5-14-4-1-2-7-19(14)15)27-12-17-9-18(22(24)25)8-16-11-26-13-28-21(16)17/h1-9H,10-13H2.